The van der Waals surface area contributed by atoms with Crippen molar-refractivity contribution in [2.45, 2.75) is 26.4 Å². The molecule has 26 heavy (non-hydrogen) atoms. The van der Waals surface area contributed by atoms with Gasteiger partial charge in [-0.1, -0.05) is 0 Å². The fourth-order valence-corrected chi connectivity index (χ4v) is 2.93. The van der Waals surface area contributed by atoms with E-state index < -0.39 is 18.5 Å². The Kier molecular flexibility index (Phi) is 4.84. The maximum Gasteiger partial charge on any atom is 0.397 e. The molecule has 0 spiro atoms. The summed E-state index contributed by atoms with van der Waals surface area (Å²) in [5.74, 6) is 0.333. The molecule has 7 nitrogen and oxygen atoms in total. The molecule has 2 aromatic heterocycles. The van der Waals surface area contributed by atoms with Crippen LogP contribution in [-0.4, -0.2) is 63.1 Å². The monoisotopic (exact) mass is 368 g/mol. The minimum absolute atomic E-state index is 0.232. The van der Waals surface area contributed by atoms with Gasteiger partial charge in [-0.2, -0.15) is 18.3 Å². The predicted molar refractivity (Wildman–Crippen MR) is 88.1 cm³/mol. The molecule has 1 saturated heterocycles. The average Bonchev–Trinajstić information content (AvgIpc) is 2.92. The van der Waals surface area contributed by atoms with Crippen molar-refractivity contribution in [3.8, 4) is 5.82 Å². The summed E-state index contributed by atoms with van der Waals surface area (Å²) in [6.07, 6.45) is -5.89. The number of alkyl halides is 3. The molecular weight excluding hydrogens is 349 g/mol. The molecule has 10 heteroatoms. The maximum atomic E-state index is 12.3. The van der Waals surface area contributed by atoms with Crippen LogP contribution < -0.4 is 4.90 Å². The molecule has 0 aliphatic carbocycles. The Morgan fingerprint density at radius 2 is 1.69 bits per heavy atom. The van der Waals surface area contributed by atoms with E-state index in [-0.39, 0.29) is 13.1 Å². The smallest absolute Gasteiger partial charge is 0.352 e. The fraction of sp³-hybridized carbons (Fsp3) is 0.500. The van der Waals surface area contributed by atoms with Gasteiger partial charge in [0.25, 0.3) is 0 Å². The van der Waals surface area contributed by atoms with Crippen molar-refractivity contribution in [3.05, 3.63) is 29.6 Å². The lowest BCUT2D eigenvalue weighted by Gasteiger charge is -2.35. The fourth-order valence-electron chi connectivity index (χ4n) is 2.93. The lowest BCUT2D eigenvalue weighted by atomic mass is 10.2. The second kappa shape index (κ2) is 6.93. The topological polar surface area (TPSA) is 67.2 Å². The number of piperazine rings is 1. The highest BCUT2D eigenvalue weighted by molar-refractivity contribution is 5.77. The van der Waals surface area contributed by atoms with Crippen LogP contribution >= 0.6 is 0 Å². The van der Waals surface area contributed by atoms with E-state index in [1.165, 1.54) is 4.90 Å². The first-order valence-electron chi connectivity index (χ1n) is 8.20. The van der Waals surface area contributed by atoms with Crippen LogP contribution in [0.3, 0.4) is 0 Å². The zero-order chi connectivity index (χ0) is 18.9. The second-order valence-corrected chi connectivity index (χ2v) is 6.25. The molecule has 0 atom stereocenters. The van der Waals surface area contributed by atoms with Gasteiger partial charge in [-0.05, 0) is 32.0 Å². The van der Waals surface area contributed by atoms with Gasteiger partial charge in [0.05, 0.1) is 5.69 Å². The Bertz CT molecular complexity index is 778. The van der Waals surface area contributed by atoms with Crippen molar-refractivity contribution in [2.75, 3.05) is 31.1 Å². The van der Waals surface area contributed by atoms with Gasteiger partial charge in [-0.25, -0.2) is 4.68 Å². The number of rotatable bonds is 3. The predicted octanol–water partition coefficient (Wildman–Crippen LogP) is 1.88. The largest absolute Gasteiger partial charge is 0.397 e. The van der Waals surface area contributed by atoms with Crippen molar-refractivity contribution in [3.63, 3.8) is 0 Å². The third kappa shape index (κ3) is 4.12. The van der Waals surface area contributed by atoms with Crippen molar-refractivity contribution in [1.29, 1.82) is 0 Å². The number of carbonyl (C=O) groups is 1. The minimum atomic E-state index is -4.47. The summed E-state index contributed by atoms with van der Waals surface area (Å²) in [6.45, 7) is 5.11. The molecule has 1 amide bonds. The van der Waals surface area contributed by atoms with Gasteiger partial charge in [0.1, 0.15) is 6.42 Å². The van der Waals surface area contributed by atoms with Crippen molar-refractivity contribution < 1.29 is 18.0 Å². The van der Waals surface area contributed by atoms with Crippen LogP contribution in [0.15, 0.2) is 18.2 Å². The van der Waals surface area contributed by atoms with Crippen LogP contribution in [-0.2, 0) is 4.79 Å². The maximum absolute atomic E-state index is 12.3. The van der Waals surface area contributed by atoms with E-state index in [9.17, 15) is 18.0 Å². The normalized spacial score (nSPS) is 15.4. The number of aryl methyl sites for hydroxylation is 2. The number of hydrogen-bond acceptors (Lipinski definition) is 5. The van der Waals surface area contributed by atoms with Gasteiger partial charge in [0.2, 0.25) is 5.91 Å². The number of amides is 1. The quantitative estimate of drug-likeness (QED) is 0.828. The molecule has 1 aliphatic heterocycles. The molecular formula is C16H19F3N6O. The van der Waals surface area contributed by atoms with E-state index in [1.807, 2.05) is 24.8 Å². The van der Waals surface area contributed by atoms with Crippen LogP contribution in [0.2, 0.25) is 0 Å². The molecule has 2 aromatic rings. The summed E-state index contributed by atoms with van der Waals surface area (Å²) < 4.78 is 38.7. The van der Waals surface area contributed by atoms with Crippen molar-refractivity contribution in [1.82, 2.24) is 24.9 Å². The first kappa shape index (κ1) is 18.2. The van der Waals surface area contributed by atoms with Crippen LogP contribution in [0.1, 0.15) is 17.8 Å². The number of halogens is 3. The molecule has 3 rings (SSSR count). The number of carbonyl (C=O) groups excluding carboxylic acids is 1. The molecule has 1 aliphatic rings. The summed E-state index contributed by atoms with van der Waals surface area (Å²) in [6, 6.07) is 5.53. The van der Waals surface area contributed by atoms with E-state index in [1.54, 1.807) is 16.8 Å². The third-order valence-corrected chi connectivity index (χ3v) is 4.17. The molecule has 3 heterocycles. The molecule has 0 bridgehead atoms. The van der Waals surface area contributed by atoms with Crippen LogP contribution in [0.25, 0.3) is 5.82 Å². The molecule has 0 saturated carbocycles. The SMILES string of the molecule is Cc1cc(C)n(-c2ccc(N3CCN(C(=O)CC(F)(F)F)CC3)nn2)n1. The Balaban J connectivity index is 1.61. The van der Waals surface area contributed by atoms with Gasteiger partial charge in [0.15, 0.2) is 11.6 Å². The third-order valence-electron chi connectivity index (χ3n) is 4.17. The molecule has 140 valence electrons. The number of nitrogens with zero attached hydrogens (tertiary/aromatic N) is 6. The first-order valence-corrected chi connectivity index (χ1v) is 8.20. The van der Waals surface area contributed by atoms with E-state index in [4.69, 9.17) is 0 Å². The zero-order valence-electron chi connectivity index (χ0n) is 14.5. The average molecular weight is 368 g/mol. The van der Waals surface area contributed by atoms with Gasteiger partial charge < -0.3 is 9.80 Å². The molecule has 0 aromatic carbocycles. The summed E-state index contributed by atoms with van der Waals surface area (Å²) >= 11 is 0. The van der Waals surface area contributed by atoms with Crippen LogP contribution in [0.4, 0.5) is 19.0 Å². The van der Waals surface area contributed by atoms with Crippen molar-refractivity contribution in [2.24, 2.45) is 0 Å². The van der Waals surface area contributed by atoms with Crippen molar-refractivity contribution >= 4 is 11.7 Å². The van der Waals surface area contributed by atoms with Crippen LogP contribution in [0.5, 0.6) is 0 Å². The number of hydrogen-bond donors (Lipinski definition) is 0. The number of anilines is 1. The molecule has 0 radical (unpaired) electrons. The first-order chi connectivity index (χ1) is 12.2. The summed E-state index contributed by atoms with van der Waals surface area (Å²) in [5.41, 5.74) is 1.83. The number of aromatic nitrogens is 4. The highest BCUT2D eigenvalue weighted by Gasteiger charge is 2.34. The van der Waals surface area contributed by atoms with Crippen LogP contribution in [0, 0.1) is 13.8 Å². The van der Waals surface area contributed by atoms with E-state index >= 15 is 0 Å². The lowest BCUT2D eigenvalue weighted by molar-refractivity contribution is -0.161. The van der Waals surface area contributed by atoms with Gasteiger partial charge in [-0.3, -0.25) is 4.79 Å². The Morgan fingerprint density at radius 3 is 2.19 bits per heavy atom. The Labute approximate surface area is 148 Å². The minimum Gasteiger partial charge on any atom is -0.352 e. The van der Waals surface area contributed by atoms with E-state index in [0.717, 1.165) is 11.4 Å². The standard InChI is InChI=1S/C16H19F3N6O/c1-11-9-12(2)25(22-11)14-4-3-13(20-21-14)23-5-7-24(8-6-23)15(26)10-16(17,18)19/h3-4,9H,5-8,10H2,1-2H3. The Morgan fingerprint density at radius 1 is 1.08 bits per heavy atom. The van der Waals surface area contributed by atoms with Gasteiger partial charge in [-0.15, -0.1) is 10.2 Å². The zero-order valence-corrected chi connectivity index (χ0v) is 14.5. The Hall–Kier alpha value is -2.65. The molecule has 0 unspecified atom stereocenters. The summed E-state index contributed by atoms with van der Waals surface area (Å²) in [7, 11) is 0. The van der Waals surface area contributed by atoms with Gasteiger partial charge >= 0.3 is 6.18 Å². The summed E-state index contributed by atoms with van der Waals surface area (Å²) in [5, 5.41) is 12.7. The van der Waals surface area contributed by atoms with E-state index in [0.29, 0.717) is 24.7 Å². The highest BCUT2D eigenvalue weighted by atomic mass is 19.4. The molecule has 0 N–H and O–H groups in total. The lowest BCUT2D eigenvalue weighted by Crippen LogP contribution is -2.49. The second-order valence-electron chi connectivity index (χ2n) is 6.25. The van der Waals surface area contributed by atoms with E-state index in [2.05, 4.69) is 15.3 Å². The molecule has 1 fully saturated rings. The highest BCUT2D eigenvalue weighted by Crippen LogP contribution is 2.22. The van der Waals surface area contributed by atoms with Gasteiger partial charge in [0, 0.05) is 31.9 Å². The summed E-state index contributed by atoms with van der Waals surface area (Å²) in [4.78, 5) is 14.8.